The van der Waals surface area contributed by atoms with Gasteiger partial charge in [-0.15, -0.1) is 0 Å². The molecule has 1 aliphatic rings. The molecule has 212 valence electrons. The van der Waals surface area contributed by atoms with E-state index in [4.69, 9.17) is 14.7 Å². The van der Waals surface area contributed by atoms with Gasteiger partial charge in [0.15, 0.2) is 23.3 Å². The van der Waals surface area contributed by atoms with E-state index >= 15 is 0 Å². The number of pyridine rings is 1. The molecule has 1 aliphatic carbocycles. The molecular formula is C27H30FN11O2. The van der Waals surface area contributed by atoms with E-state index < -0.39 is 11.4 Å². The van der Waals surface area contributed by atoms with E-state index in [0.717, 1.165) is 17.5 Å². The molecule has 1 atom stereocenters. The van der Waals surface area contributed by atoms with Gasteiger partial charge in [-0.25, -0.2) is 24.0 Å². The molecule has 0 saturated heterocycles. The van der Waals surface area contributed by atoms with E-state index in [0.29, 0.717) is 60.0 Å². The van der Waals surface area contributed by atoms with Crippen LogP contribution in [0.4, 0.5) is 16.0 Å². The third-order valence-electron chi connectivity index (χ3n) is 7.64. The molecule has 1 saturated carbocycles. The maximum atomic E-state index is 13.5. The molecule has 0 radical (unpaired) electrons. The normalized spacial score (nSPS) is 19.8. The summed E-state index contributed by atoms with van der Waals surface area (Å²) in [7, 11) is 1.58. The first-order valence-electron chi connectivity index (χ1n) is 13.4. The minimum Gasteiger partial charge on any atom is -0.368 e. The van der Waals surface area contributed by atoms with Crippen molar-refractivity contribution in [1.82, 2.24) is 50.4 Å². The molecule has 14 heteroatoms. The van der Waals surface area contributed by atoms with Crippen LogP contribution >= 0.6 is 0 Å². The fourth-order valence-corrected chi connectivity index (χ4v) is 5.23. The monoisotopic (exact) mass is 559 g/mol. The van der Waals surface area contributed by atoms with E-state index in [9.17, 15) is 9.18 Å². The number of nitrogens with one attached hydrogen (secondary N) is 4. The summed E-state index contributed by atoms with van der Waals surface area (Å²) in [4.78, 5) is 27.4. The summed E-state index contributed by atoms with van der Waals surface area (Å²) in [6.45, 7) is 3.81. The van der Waals surface area contributed by atoms with Gasteiger partial charge in [-0.3, -0.25) is 15.0 Å². The van der Waals surface area contributed by atoms with Crippen molar-refractivity contribution in [2.24, 2.45) is 0 Å². The Morgan fingerprint density at radius 2 is 2.02 bits per heavy atom. The third-order valence-corrected chi connectivity index (χ3v) is 7.64. The van der Waals surface area contributed by atoms with E-state index in [1.54, 1.807) is 25.6 Å². The van der Waals surface area contributed by atoms with Crippen molar-refractivity contribution in [3.63, 3.8) is 0 Å². The molecular weight excluding hydrogens is 529 g/mol. The highest BCUT2D eigenvalue weighted by Crippen LogP contribution is 2.40. The lowest BCUT2D eigenvalue weighted by Crippen LogP contribution is -2.50. The van der Waals surface area contributed by atoms with Crippen molar-refractivity contribution in [2.45, 2.75) is 57.1 Å². The minimum atomic E-state index is -0.960. The second-order valence-electron chi connectivity index (χ2n) is 10.3. The van der Waals surface area contributed by atoms with Gasteiger partial charge in [-0.1, -0.05) is 6.07 Å². The van der Waals surface area contributed by atoms with Gasteiger partial charge in [0.25, 0.3) is 5.91 Å². The van der Waals surface area contributed by atoms with Crippen LogP contribution in [0.25, 0.3) is 16.9 Å². The van der Waals surface area contributed by atoms with Crippen molar-refractivity contribution >= 4 is 28.6 Å². The fraction of sp³-hybridized carbons (Fsp3) is 0.370. The Kier molecular flexibility index (Phi) is 6.91. The molecule has 0 aromatic carbocycles. The van der Waals surface area contributed by atoms with Crippen molar-refractivity contribution in [3.05, 3.63) is 65.9 Å². The van der Waals surface area contributed by atoms with E-state index in [1.807, 2.05) is 26.0 Å². The number of aromatic nitrogens is 9. The number of anilines is 2. The van der Waals surface area contributed by atoms with Gasteiger partial charge in [0.1, 0.15) is 22.5 Å². The number of methoxy groups -OCH3 is 1. The number of aromatic amines is 2. The van der Waals surface area contributed by atoms with Crippen LogP contribution < -0.4 is 10.6 Å². The average Bonchev–Trinajstić information content (AvgIpc) is 3.74. The maximum Gasteiger partial charge on any atom is 0.252 e. The van der Waals surface area contributed by atoms with Crippen LogP contribution in [-0.2, 0) is 9.53 Å². The quantitative estimate of drug-likeness (QED) is 0.221. The number of carbonyl (C=O) groups excluding carboxylic acids is 1. The second-order valence-corrected chi connectivity index (χ2v) is 10.3. The van der Waals surface area contributed by atoms with E-state index in [1.165, 1.54) is 10.9 Å². The molecule has 5 heterocycles. The SMILES string of the molecule is CO[C@]1(C(=O)N[C@@H](C)c2ccc(-n3cc(F)cn3)nc2)CC[C@H](c2nc(Nc3cc(C)[nH]n3)c3[nH]ncc3n2)CC1. The van der Waals surface area contributed by atoms with Gasteiger partial charge in [0.05, 0.1) is 24.6 Å². The molecule has 1 fully saturated rings. The number of halogens is 1. The predicted octanol–water partition coefficient (Wildman–Crippen LogP) is 3.77. The zero-order valence-electron chi connectivity index (χ0n) is 22.8. The van der Waals surface area contributed by atoms with Crippen LogP contribution in [0.2, 0.25) is 0 Å². The van der Waals surface area contributed by atoms with Crippen molar-refractivity contribution < 1.29 is 13.9 Å². The summed E-state index contributed by atoms with van der Waals surface area (Å²) in [5, 5.41) is 24.5. The summed E-state index contributed by atoms with van der Waals surface area (Å²) in [5.41, 5.74) is 2.18. The number of ether oxygens (including phenoxy) is 1. The highest BCUT2D eigenvalue weighted by Gasteiger charge is 2.43. The fourth-order valence-electron chi connectivity index (χ4n) is 5.23. The number of nitrogens with zero attached hydrogens (tertiary/aromatic N) is 7. The van der Waals surface area contributed by atoms with Crippen molar-refractivity contribution in [1.29, 1.82) is 0 Å². The molecule has 13 nitrogen and oxygen atoms in total. The van der Waals surface area contributed by atoms with Crippen LogP contribution in [0.3, 0.4) is 0 Å². The van der Waals surface area contributed by atoms with Crippen molar-refractivity contribution in [3.8, 4) is 5.82 Å². The Morgan fingerprint density at radius 3 is 2.68 bits per heavy atom. The van der Waals surface area contributed by atoms with Crippen LogP contribution in [0, 0.1) is 12.7 Å². The third kappa shape index (κ3) is 5.25. The molecule has 5 aromatic rings. The average molecular weight is 560 g/mol. The first-order chi connectivity index (χ1) is 19.8. The minimum absolute atomic E-state index is 0.0492. The zero-order valence-corrected chi connectivity index (χ0v) is 22.8. The Hall–Kier alpha value is -4.72. The molecule has 0 bridgehead atoms. The number of hydrogen-bond acceptors (Lipinski definition) is 9. The maximum absolute atomic E-state index is 13.5. The summed E-state index contributed by atoms with van der Waals surface area (Å²) in [5.74, 6) is 1.86. The van der Waals surface area contributed by atoms with Gasteiger partial charge in [-0.2, -0.15) is 15.3 Å². The second kappa shape index (κ2) is 10.7. The Labute approximate surface area is 234 Å². The number of aryl methyl sites for hydroxylation is 1. The first-order valence-corrected chi connectivity index (χ1v) is 13.4. The largest absolute Gasteiger partial charge is 0.368 e. The molecule has 0 aliphatic heterocycles. The van der Waals surface area contributed by atoms with Crippen LogP contribution in [0.1, 0.15) is 61.6 Å². The number of H-pyrrole nitrogens is 2. The smallest absolute Gasteiger partial charge is 0.252 e. The first kappa shape index (κ1) is 26.5. The Balaban J connectivity index is 1.13. The Bertz CT molecular complexity index is 1670. The summed E-state index contributed by atoms with van der Waals surface area (Å²) < 4.78 is 20.5. The highest BCUT2D eigenvalue weighted by molar-refractivity contribution is 5.87. The van der Waals surface area contributed by atoms with Crippen LogP contribution in [0.5, 0.6) is 0 Å². The molecule has 1 amide bonds. The van der Waals surface area contributed by atoms with Gasteiger partial charge in [0, 0.05) is 31.0 Å². The van der Waals surface area contributed by atoms with Gasteiger partial charge in [0.2, 0.25) is 0 Å². The molecule has 4 N–H and O–H groups in total. The molecule has 0 spiro atoms. The lowest BCUT2D eigenvalue weighted by Gasteiger charge is -2.38. The van der Waals surface area contributed by atoms with E-state index in [-0.39, 0.29) is 17.9 Å². The number of hydrogen-bond donors (Lipinski definition) is 4. The molecule has 0 unspecified atom stereocenters. The number of rotatable bonds is 8. The molecule has 5 aromatic heterocycles. The number of fused-ring (bicyclic) bond motifs is 1. The standard InChI is InChI=1S/C27H30FN11O2/c1-15-10-21(37-36-15)34-25-23-20(13-30-38-23)33-24(35-25)17-6-8-27(41-3,9-7-17)26(40)32-16(2)18-4-5-22(29-11-18)39-14-19(28)12-31-39/h4-5,10-14,16-17H,6-9H2,1-3H3,(H,30,38)(H,32,40)(H2,33,34,35,36,37)/t16-,17-,27+/m0/s1. The van der Waals surface area contributed by atoms with Crippen LogP contribution in [0.15, 0.2) is 43.0 Å². The zero-order chi connectivity index (χ0) is 28.6. The van der Waals surface area contributed by atoms with E-state index in [2.05, 4.69) is 41.1 Å². The predicted molar refractivity (Wildman–Crippen MR) is 147 cm³/mol. The van der Waals surface area contributed by atoms with Crippen LogP contribution in [-0.4, -0.2) is 63.7 Å². The topological polar surface area (TPSA) is 164 Å². The molecule has 6 rings (SSSR count). The molecule has 41 heavy (non-hydrogen) atoms. The number of carbonyl (C=O) groups is 1. The van der Waals surface area contributed by atoms with Gasteiger partial charge < -0.3 is 15.4 Å². The lowest BCUT2D eigenvalue weighted by atomic mass is 9.77. The summed E-state index contributed by atoms with van der Waals surface area (Å²) in [6.07, 6.45) is 8.08. The van der Waals surface area contributed by atoms with Gasteiger partial charge >= 0.3 is 0 Å². The van der Waals surface area contributed by atoms with Gasteiger partial charge in [-0.05, 0) is 51.2 Å². The summed E-state index contributed by atoms with van der Waals surface area (Å²) in [6, 6.07) is 5.15. The summed E-state index contributed by atoms with van der Waals surface area (Å²) >= 11 is 0. The number of amides is 1. The highest BCUT2D eigenvalue weighted by atomic mass is 19.1. The lowest BCUT2D eigenvalue weighted by molar-refractivity contribution is -0.148. The van der Waals surface area contributed by atoms with Crippen molar-refractivity contribution in [2.75, 3.05) is 12.4 Å². The Morgan fingerprint density at radius 1 is 1.20 bits per heavy atom.